The van der Waals surface area contributed by atoms with Gasteiger partial charge in [-0.15, -0.1) is 0 Å². The Bertz CT molecular complexity index is 686. The Morgan fingerprint density at radius 3 is 2.84 bits per heavy atom. The van der Waals surface area contributed by atoms with E-state index in [4.69, 9.17) is 14.7 Å². The van der Waals surface area contributed by atoms with Gasteiger partial charge in [-0.2, -0.15) is 0 Å². The van der Waals surface area contributed by atoms with E-state index in [0.29, 0.717) is 17.0 Å². The van der Waals surface area contributed by atoms with Crippen molar-refractivity contribution in [3.63, 3.8) is 0 Å². The number of nitrogens with two attached hydrogens (primary N) is 1. The van der Waals surface area contributed by atoms with Crippen LogP contribution in [-0.2, 0) is 6.42 Å². The van der Waals surface area contributed by atoms with Gasteiger partial charge in [0.2, 0.25) is 5.88 Å². The van der Waals surface area contributed by atoms with E-state index in [9.17, 15) is 0 Å². The molecule has 0 aliphatic carbocycles. The summed E-state index contributed by atoms with van der Waals surface area (Å²) < 4.78 is 10.8. The topological polar surface area (TPSA) is 78.1 Å². The van der Waals surface area contributed by atoms with Crippen LogP contribution < -0.4 is 5.73 Å². The molecule has 0 fully saturated rings. The molecule has 0 saturated carbocycles. The van der Waals surface area contributed by atoms with E-state index in [-0.39, 0.29) is 5.88 Å². The van der Waals surface area contributed by atoms with Gasteiger partial charge in [-0.25, -0.2) is 0 Å². The minimum Gasteiger partial charge on any atom is -0.459 e. The quantitative estimate of drug-likeness (QED) is 0.777. The standard InChI is InChI=1S/C14H13N3O2/c1-2-10-5-6-11(18-10)13-12(14(15)19-17-13)9-4-3-7-16-8-9/h3-8H,2,15H2,1H3. The lowest BCUT2D eigenvalue weighted by Crippen LogP contribution is -1.87. The minimum atomic E-state index is 0.262. The van der Waals surface area contributed by atoms with Crippen LogP contribution in [-0.4, -0.2) is 10.1 Å². The average molecular weight is 255 g/mol. The second-order valence-corrected chi connectivity index (χ2v) is 4.13. The molecule has 0 bridgehead atoms. The predicted octanol–water partition coefficient (Wildman–Crippen LogP) is 3.14. The summed E-state index contributed by atoms with van der Waals surface area (Å²) in [5.74, 6) is 1.81. The van der Waals surface area contributed by atoms with Crippen LogP contribution in [0.1, 0.15) is 12.7 Å². The van der Waals surface area contributed by atoms with Crippen molar-refractivity contribution in [3.8, 4) is 22.6 Å². The van der Waals surface area contributed by atoms with E-state index in [2.05, 4.69) is 10.1 Å². The van der Waals surface area contributed by atoms with Crippen LogP contribution in [0.15, 0.2) is 45.6 Å². The van der Waals surface area contributed by atoms with E-state index < -0.39 is 0 Å². The first kappa shape index (κ1) is 11.5. The molecule has 19 heavy (non-hydrogen) atoms. The molecular weight excluding hydrogens is 242 g/mol. The molecule has 3 heterocycles. The van der Waals surface area contributed by atoms with Gasteiger partial charge >= 0.3 is 0 Å². The van der Waals surface area contributed by atoms with Crippen molar-refractivity contribution in [2.45, 2.75) is 13.3 Å². The molecule has 0 saturated heterocycles. The summed E-state index contributed by atoms with van der Waals surface area (Å²) >= 11 is 0. The number of nitrogens with zero attached hydrogens (tertiary/aromatic N) is 2. The first-order valence-electron chi connectivity index (χ1n) is 6.04. The van der Waals surface area contributed by atoms with E-state index in [1.807, 2.05) is 31.2 Å². The Labute approximate surface area is 110 Å². The highest BCUT2D eigenvalue weighted by Crippen LogP contribution is 2.36. The smallest absolute Gasteiger partial charge is 0.230 e. The van der Waals surface area contributed by atoms with Gasteiger partial charge in [0.25, 0.3) is 0 Å². The van der Waals surface area contributed by atoms with Gasteiger partial charge in [0, 0.05) is 24.4 Å². The fourth-order valence-corrected chi connectivity index (χ4v) is 1.96. The zero-order valence-corrected chi connectivity index (χ0v) is 10.5. The number of furan rings is 1. The molecule has 3 aromatic heterocycles. The molecule has 5 nitrogen and oxygen atoms in total. The van der Waals surface area contributed by atoms with Gasteiger partial charge in [0.1, 0.15) is 5.76 Å². The summed E-state index contributed by atoms with van der Waals surface area (Å²) in [5.41, 5.74) is 8.02. The second kappa shape index (κ2) is 4.61. The van der Waals surface area contributed by atoms with Crippen molar-refractivity contribution >= 4 is 5.88 Å². The Hall–Kier alpha value is -2.56. The second-order valence-electron chi connectivity index (χ2n) is 4.13. The Kier molecular flexibility index (Phi) is 2.79. The molecule has 96 valence electrons. The molecule has 0 spiro atoms. The fraction of sp³-hybridized carbons (Fsp3) is 0.143. The summed E-state index contributed by atoms with van der Waals surface area (Å²) in [6.07, 6.45) is 4.25. The molecule has 5 heteroatoms. The summed E-state index contributed by atoms with van der Waals surface area (Å²) in [5, 5.41) is 3.99. The molecular formula is C14H13N3O2. The lowest BCUT2D eigenvalue weighted by molar-refractivity contribution is 0.434. The zero-order chi connectivity index (χ0) is 13.2. The summed E-state index contributed by atoms with van der Waals surface area (Å²) in [6.45, 7) is 2.03. The van der Waals surface area contributed by atoms with Crippen molar-refractivity contribution in [2.75, 3.05) is 5.73 Å². The predicted molar refractivity (Wildman–Crippen MR) is 71.2 cm³/mol. The number of aryl methyl sites for hydroxylation is 1. The van der Waals surface area contributed by atoms with Crippen LogP contribution in [0.25, 0.3) is 22.6 Å². The molecule has 0 unspecified atom stereocenters. The van der Waals surface area contributed by atoms with E-state index in [0.717, 1.165) is 17.7 Å². The molecule has 0 aromatic carbocycles. The number of aromatic nitrogens is 2. The highest BCUT2D eigenvalue weighted by Gasteiger charge is 2.19. The van der Waals surface area contributed by atoms with Gasteiger partial charge in [-0.1, -0.05) is 18.1 Å². The highest BCUT2D eigenvalue weighted by atomic mass is 16.5. The molecule has 2 N–H and O–H groups in total. The lowest BCUT2D eigenvalue weighted by atomic mass is 10.1. The highest BCUT2D eigenvalue weighted by molar-refractivity contribution is 5.84. The minimum absolute atomic E-state index is 0.262. The van der Waals surface area contributed by atoms with Crippen LogP contribution in [0, 0.1) is 0 Å². The monoisotopic (exact) mass is 255 g/mol. The molecule has 0 atom stereocenters. The van der Waals surface area contributed by atoms with E-state index in [1.165, 1.54) is 0 Å². The van der Waals surface area contributed by atoms with Crippen molar-refractivity contribution in [1.29, 1.82) is 0 Å². The van der Waals surface area contributed by atoms with Gasteiger partial charge in [0.05, 0.1) is 5.56 Å². The maximum Gasteiger partial charge on any atom is 0.230 e. The number of rotatable bonds is 3. The number of pyridine rings is 1. The normalized spacial score (nSPS) is 10.8. The van der Waals surface area contributed by atoms with Gasteiger partial charge < -0.3 is 14.7 Å². The molecule has 0 aliphatic rings. The molecule has 0 amide bonds. The molecule has 0 radical (unpaired) electrons. The number of nitrogen functional groups attached to an aromatic ring is 1. The lowest BCUT2D eigenvalue weighted by Gasteiger charge is -1.99. The zero-order valence-electron chi connectivity index (χ0n) is 10.5. The number of hydrogen-bond acceptors (Lipinski definition) is 5. The largest absolute Gasteiger partial charge is 0.459 e. The van der Waals surface area contributed by atoms with Gasteiger partial charge in [0.15, 0.2) is 11.5 Å². The SMILES string of the molecule is CCc1ccc(-c2noc(N)c2-c2cccnc2)o1. The van der Waals surface area contributed by atoms with Crippen LogP contribution in [0.3, 0.4) is 0 Å². The maximum absolute atomic E-state index is 5.85. The van der Waals surface area contributed by atoms with Crippen molar-refractivity contribution in [1.82, 2.24) is 10.1 Å². The van der Waals surface area contributed by atoms with Crippen LogP contribution in [0.5, 0.6) is 0 Å². The molecule has 3 rings (SSSR count). The van der Waals surface area contributed by atoms with Gasteiger partial charge in [-0.05, 0) is 18.2 Å². The Balaban J connectivity index is 2.13. The van der Waals surface area contributed by atoms with Gasteiger partial charge in [-0.3, -0.25) is 4.98 Å². The summed E-state index contributed by atoms with van der Waals surface area (Å²) in [6, 6.07) is 7.54. The van der Waals surface area contributed by atoms with E-state index >= 15 is 0 Å². The number of hydrogen-bond donors (Lipinski definition) is 1. The molecule has 0 aliphatic heterocycles. The first-order chi connectivity index (χ1) is 9.29. The third-order valence-corrected chi connectivity index (χ3v) is 2.91. The van der Waals surface area contributed by atoms with Crippen LogP contribution in [0.4, 0.5) is 5.88 Å². The molecule has 3 aromatic rings. The third kappa shape index (κ3) is 1.99. The third-order valence-electron chi connectivity index (χ3n) is 2.91. The Morgan fingerprint density at radius 1 is 1.26 bits per heavy atom. The summed E-state index contributed by atoms with van der Waals surface area (Å²) in [4.78, 5) is 4.08. The summed E-state index contributed by atoms with van der Waals surface area (Å²) in [7, 11) is 0. The fourth-order valence-electron chi connectivity index (χ4n) is 1.96. The van der Waals surface area contributed by atoms with Crippen molar-refractivity contribution < 1.29 is 8.94 Å². The van der Waals surface area contributed by atoms with Crippen molar-refractivity contribution in [2.24, 2.45) is 0 Å². The number of anilines is 1. The van der Waals surface area contributed by atoms with Crippen LogP contribution in [0.2, 0.25) is 0 Å². The first-order valence-corrected chi connectivity index (χ1v) is 6.04. The maximum atomic E-state index is 5.85. The Morgan fingerprint density at radius 2 is 2.16 bits per heavy atom. The average Bonchev–Trinajstić information content (AvgIpc) is 3.05. The van der Waals surface area contributed by atoms with E-state index in [1.54, 1.807) is 12.4 Å². The van der Waals surface area contributed by atoms with Crippen molar-refractivity contribution in [3.05, 3.63) is 42.4 Å². The van der Waals surface area contributed by atoms with Crippen LogP contribution >= 0.6 is 0 Å².